The van der Waals surface area contributed by atoms with E-state index in [2.05, 4.69) is 4.90 Å². The van der Waals surface area contributed by atoms with Gasteiger partial charge in [0.05, 0.1) is 26.4 Å². The summed E-state index contributed by atoms with van der Waals surface area (Å²) in [5, 5.41) is 9.97. The fraction of sp³-hybridized carbons (Fsp3) is 0.467. The Bertz CT molecular complexity index is 396. The molecule has 4 nitrogen and oxygen atoms in total. The Labute approximate surface area is 114 Å². The number of methoxy groups -OCH3 is 1. The molecule has 1 fully saturated rings. The summed E-state index contributed by atoms with van der Waals surface area (Å²) in [5.41, 5.74) is 1.06. The fourth-order valence-corrected chi connectivity index (χ4v) is 2.05. The smallest absolute Gasteiger partial charge is 0.118 e. The lowest BCUT2D eigenvalue weighted by Gasteiger charge is -2.27. The van der Waals surface area contributed by atoms with Gasteiger partial charge in [0, 0.05) is 19.6 Å². The zero-order chi connectivity index (χ0) is 13.5. The van der Waals surface area contributed by atoms with Gasteiger partial charge in [0.2, 0.25) is 0 Å². The number of ether oxygens (including phenoxy) is 2. The van der Waals surface area contributed by atoms with Crippen LogP contribution in [0.25, 0.3) is 6.08 Å². The summed E-state index contributed by atoms with van der Waals surface area (Å²) in [7, 11) is 1.65. The minimum atomic E-state index is -0.444. The van der Waals surface area contributed by atoms with Crippen LogP contribution >= 0.6 is 0 Å². The number of aliphatic hydroxyl groups excluding tert-OH is 1. The van der Waals surface area contributed by atoms with Gasteiger partial charge in [0.1, 0.15) is 5.75 Å². The molecule has 1 unspecified atom stereocenters. The molecule has 0 spiro atoms. The highest BCUT2D eigenvalue weighted by atomic mass is 16.5. The predicted molar refractivity (Wildman–Crippen MR) is 75.3 cm³/mol. The molecule has 1 aromatic rings. The van der Waals surface area contributed by atoms with Crippen molar-refractivity contribution in [3.8, 4) is 5.75 Å². The Morgan fingerprint density at radius 2 is 2.00 bits per heavy atom. The highest BCUT2D eigenvalue weighted by Crippen LogP contribution is 2.12. The normalized spacial score (nSPS) is 18.6. The topological polar surface area (TPSA) is 41.9 Å². The predicted octanol–water partition coefficient (Wildman–Crippen LogP) is 1.40. The summed E-state index contributed by atoms with van der Waals surface area (Å²) in [6.07, 6.45) is 3.32. The standard InChI is InChI=1S/C15H21NO3/c1-18-15-6-3-13(4-7-15)2-5-14(17)12-16-8-10-19-11-9-16/h2-7,14,17H,8-12H2,1H3/b5-2+. The fourth-order valence-electron chi connectivity index (χ4n) is 2.05. The summed E-state index contributed by atoms with van der Waals surface area (Å²) in [5.74, 6) is 0.839. The lowest BCUT2D eigenvalue weighted by atomic mass is 10.1. The second kappa shape index (κ2) is 7.28. The Balaban J connectivity index is 1.82. The first-order valence-electron chi connectivity index (χ1n) is 6.58. The van der Waals surface area contributed by atoms with Crippen molar-refractivity contribution >= 4 is 6.08 Å². The lowest BCUT2D eigenvalue weighted by molar-refractivity contribution is 0.0223. The van der Waals surface area contributed by atoms with Gasteiger partial charge in [-0.15, -0.1) is 0 Å². The van der Waals surface area contributed by atoms with Crippen molar-refractivity contribution in [1.29, 1.82) is 0 Å². The van der Waals surface area contributed by atoms with Crippen molar-refractivity contribution in [3.63, 3.8) is 0 Å². The molecule has 19 heavy (non-hydrogen) atoms. The minimum Gasteiger partial charge on any atom is -0.497 e. The van der Waals surface area contributed by atoms with Crippen LogP contribution in [0, 0.1) is 0 Å². The molecule has 0 aliphatic carbocycles. The summed E-state index contributed by atoms with van der Waals surface area (Å²) in [6.45, 7) is 3.97. The summed E-state index contributed by atoms with van der Waals surface area (Å²) < 4.78 is 10.4. The average Bonchev–Trinajstić information content (AvgIpc) is 2.47. The highest BCUT2D eigenvalue weighted by Gasteiger charge is 2.12. The number of hydrogen-bond donors (Lipinski definition) is 1. The van der Waals surface area contributed by atoms with Gasteiger partial charge in [-0.05, 0) is 17.7 Å². The van der Waals surface area contributed by atoms with Crippen molar-refractivity contribution in [1.82, 2.24) is 4.90 Å². The molecule has 1 saturated heterocycles. The number of rotatable bonds is 5. The Morgan fingerprint density at radius 3 is 2.63 bits per heavy atom. The van der Waals surface area contributed by atoms with E-state index in [0.29, 0.717) is 6.54 Å². The van der Waals surface area contributed by atoms with Crippen LogP contribution < -0.4 is 4.74 Å². The van der Waals surface area contributed by atoms with Gasteiger partial charge in [-0.25, -0.2) is 0 Å². The molecule has 2 rings (SSSR count). The van der Waals surface area contributed by atoms with E-state index in [-0.39, 0.29) is 0 Å². The van der Waals surface area contributed by atoms with Gasteiger partial charge in [-0.3, -0.25) is 4.90 Å². The van der Waals surface area contributed by atoms with Gasteiger partial charge >= 0.3 is 0 Å². The molecule has 104 valence electrons. The molecular formula is C15H21NO3. The molecule has 0 amide bonds. The van der Waals surface area contributed by atoms with Crippen LogP contribution in [0.1, 0.15) is 5.56 Å². The van der Waals surface area contributed by atoms with E-state index in [4.69, 9.17) is 9.47 Å². The van der Waals surface area contributed by atoms with E-state index in [1.54, 1.807) is 7.11 Å². The van der Waals surface area contributed by atoms with E-state index >= 15 is 0 Å². The largest absolute Gasteiger partial charge is 0.497 e. The van der Waals surface area contributed by atoms with Crippen LogP contribution in [-0.2, 0) is 4.74 Å². The van der Waals surface area contributed by atoms with Crippen molar-refractivity contribution in [2.24, 2.45) is 0 Å². The molecule has 1 N–H and O–H groups in total. The van der Waals surface area contributed by atoms with E-state index in [0.717, 1.165) is 37.6 Å². The first kappa shape index (κ1) is 14.1. The number of benzene rings is 1. The summed E-state index contributed by atoms with van der Waals surface area (Å²) >= 11 is 0. The zero-order valence-electron chi connectivity index (χ0n) is 11.3. The minimum absolute atomic E-state index is 0.444. The number of hydrogen-bond acceptors (Lipinski definition) is 4. The van der Waals surface area contributed by atoms with Crippen LogP contribution in [0.4, 0.5) is 0 Å². The maximum atomic E-state index is 9.97. The quantitative estimate of drug-likeness (QED) is 0.872. The van der Waals surface area contributed by atoms with Crippen LogP contribution in [0.5, 0.6) is 5.75 Å². The second-order valence-electron chi connectivity index (χ2n) is 4.61. The molecule has 1 heterocycles. The van der Waals surface area contributed by atoms with Crippen LogP contribution in [-0.4, -0.2) is 56.1 Å². The third-order valence-corrected chi connectivity index (χ3v) is 3.18. The van der Waals surface area contributed by atoms with E-state index in [1.165, 1.54) is 0 Å². The molecule has 1 aromatic carbocycles. The molecule has 1 aliphatic rings. The number of β-amino-alcohol motifs (C(OH)–C–C–N with tert-alkyl or cyclic N) is 1. The zero-order valence-corrected chi connectivity index (χ0v) is 11.3. The molecule has 0 aromatic heterocycles. The monoisotopic (exact) mass is 263 g/mol. The van der Waals surface area contributed by atoms with Crippen LogP contribution in [0.3, 0.4) is 0 Å². The molecule has 1 atom stereocenters. The van der Waals surface area contributed by atoms with Gasteiger partial charge in [0.15, 0.2) is 0 Å². The van der Waals surface area contributed by atoms with Crippen molar-refractivity contribution in [2.75, 3.05) is 40.0 Å². The van der Waals surface area contributed by atoms with E-state index in [9.17, 15) is 5.11 Å². The van der Waals surface area contributed by atoms with E-state index in [1.807, 2.05) is 36.4 Å². The van der Waals surface area contributed by atoms with Crippen LogP contribution in [0.15, 0.2) is 30.3 Å². The van der Waals surface area contributed by atoms with Gasteiger partial charge in [-0.2, -0.15) is 0 Å². The lowest BCUT2D eigenvalue weighted by Crippen LogP contribution is -2.40. The number of nitrogens with zero attached hydrogens (tertiary/aromatic N) is 1. The maximum absolute atomic E-state index is 9.97. The van der Waals surface area contributed by atoms with Crippen molar-refractivity contribution in [2.45, 2.75) is 6.10 Å². The summed E-state index contributed by atoms with van der Waals surface area (Å²) in [4.78, 5) is 2.21. The average molecular weight is 263 g/mol. The number of aliphatic hydroxyl groups is 1. The third-order valence-electron chi connectivity index (χ3n) is 3.18. The second-order valence-corrected chi connectivity index (χ2v) is 4.61. The Kier molecular flexibility index (Phi) is 5.39. The third kappa shape index (κ3) is 4.67. The van der Waals surface area contributed by atoms with Crippen LogP contribution in [0.2, 0.25) is 0 Å². The molecule has 0 radical (unpaired) electrons. The van der Waals surface area contributed by atoms with Gasteiger partial charge in [0.25, 0.3) is 0 Å². The highest BCUT2D eigenvalue weighted by molar-refractivity contribution is 5.51. The van der Waals surface area contributed by atoms with E-state index < -0.39 is 6.10 Å². The summed E-state index contributed by atoms with van der Waals surface area (Å²) in [6, 6.07) is 7.76. The SMILES string of the molecule is COc1ccc(/C=C/C(O)CN2CCOCC2)cc1. The molecule has 0 saturated carbocycles. The Morgan fingerprint density at radius 1 is 1.32 bits per heavy atom. The molecule has 1 aliphatic heterocycles. The molecule has 0 bridgehead atoms. The molecule has 4 heteroatoms. The van der Waals surface area contributed by atoms with Gasteiger partial charge < -0.3 is 14.6 Å². The molecular weight excluding hydrogens is 242 g/mol. The van der Waals surface area contributed by atoms with Gasteiger partial charge in [-0.1, -0.05) is 24.3 Å². The first-order chi connectivity index (χ1) is 9.28. The number of morpholine rings is 1. The Hall–Kier alpha value is -1.36. The van der Waals surface area contributed by atoms with Crippen molar-refractivity contribution < 1.29 is 14.6 Å². The van der Waals surface area contributed by atoms with Crippen molar-refractivity contribution in [3.05, 3.63) is 35.9 Å². The maximum Gasteiger partial charge on any atom is 0.118 e. The first-order valence-corrected chi connectivity index (χ1v) is 6.58.